The quantitative estimate of drug-likeness (QED) is 0.567. The largest absolute Gasteiger partial charge is 0.385 e. The summed E-state index contributed by atoms with van der Waals surface area (Å²) in [5, 5.41) is 0.789. The van der Waals surface area contributed by atoms with Crippen molar-refractivity contribution in [1.82, 2.24) is 0 Å². The molecule has 0 saturated heterocycles. The van der Waals surface area contributed by atoms with Gasteiger partial charge in [-0.15, -0.1) is 0 Å². The van der Waals surface area contributed by atoms with Crippen LogP contribution in [0.2, 0.25) is 0 Å². The Morgan fingerprint density at radius 2 is 2.13 bits per heavy atom. The van der Waals surface area contributed by atoms with Crippen molar-refractivity contribution in [1.29, 1.82) is 0 Å². The Balaban J connectivity index is 2.61. The smallest absolute Gasteiger partial charge is 0.126 e. The molecule has 1 rings (SSSR count). The molecule has 0 amide bonds. The van der Waals surface area contributed by atoms with Crippen LogP contribution in [0, 0.1) is 5.82 Å². The number of halogens is 2. The van der Waals surface area contributed by atoms with Crippen molar-refractivity contribution < 1.29 is 9.13 Å². The summed E-state index contributed by atoms with van der Waals surface area (Å²) in [6, 6.07) is 6.97. The topological polar surface area (TPSA) is 9.23 Å². The fraction of sp³-hybridized carbons (Fsp3) is 0.500. The van der Waals surface area contributed by atoms with Crippen LogP contribution in [0.5, 0.6) is 0 Å². The zero-order valence-corrected chi connectivity index (χ0v) is 10.5. The minimum Gasteiger partial charge on any atom is -0.385 e. The Morgan fingerprint density at radius 3 is 2.73 bits per heavy atom. The van der Waals surface area contributed by atoms with Crippen LogP contribution in [0.1, 0.15) is 24.3 Å². The van der Waals surface area contributed by atoms with Crippen LogP contribution in [0.3, 0.4) is 0 Å². The molecule has 0 saturated carbocycles. The highest BCUT2D eigenvalue weighted by Crippen LogP contribution is 2.25. The number of alkyl halides is 1. The molecule has 0 aliphatic carbocycles. The Bertz CT molecular complexity index is 291. The second kappa shape index (κ2) is 6.96. The minimum absolute atomic E-state index is 0.112. The van der Waals surface area contributed by atoms with Crippen LogP contribution in [0.25, 0.3) is 0 Å². The Kier molecular flexibility index (Phi) is 5.88. The first-order chi connectivity index (χ1) is 7.29. The molecule has 0 aliphatic rings. The highest BCUT2D eigenvalue weighted by Gasteiger charge is 2.13. The standard InChI is InChI=1S/C12H16BrFO/c1-15-8-4-5-10(9-13)11-6-2-3-7-12(11)14/h2-3,6-7,10H,4-5,8-9H2,1H3. The van der Waals surface area contributed by atoms with E-state index in [1.165, 1.54) is 6.07 Å². The van der Waals surface area contributed by atoms with Gasteiger partial charge in [0, 0.05) is 19.0 Å². The van der Waals surface area contributed by atoms with Crippen molar-refractivity contribution in [2.45, 2.75) is 18.8 Å². The van der Waals surface area contributed by atoms with Crippen LogP contribution < -0.4 is 0 Å². The number of methoxy groups -OCH3 is 1. The lowest BCUT2D eigenvalue weighted by Crippen LogP contribution is -2.04. The van der Waals surface area contributed by atoms with Gasteiger partial charge in [0.1, 0.15) is 5.82 Å². The van der Waals surface area contributed by atoms with Crippen molar-refractivity contribution in [3.8, 4) is 0 Å². The third-order valence-corrected chi connectivity index (χ3v) is 3.21. The first-order valence-electron chi connectivity index (χ1n) is 5.09. The number of hydrogen-bond donors (Lipinski definition) is 0. The molecule has 0 bridgehead atoms. The number of hydrogen-bond acceptors (Lipinski definition) is 1. The van der Waals surface area contributed by atoms with Gasteiger partial charge in [-0.05, 0) is 30.4 Å². The highest BCUT2D eigenvalue weighted by atomic mass is 79.9. The van der Waals surface area contributed by atoms with Crippen molar-refractivity contribution in [2.24, 2.45) is 0 Å². The highest BCUT2D eigenvalue weighted by molar-refractivity contribution is 9.09. The normalized spacial score (nSPS) is 12.7. The fourth-order valence-corrected chi connectivity index (χ4v) is 2.27. The second-order valence-electron chi connectivity index (χ2n) is 3.51. The molecule has 0 fully saturated rings. The van der Waals surface area contributed by atoms with Crippen LogP contribution in [-0.4, -0.2) is 19.0 Å². The van der Waals surface area contributed by atoms with E-state index in [-0.39, 0.29) is 11.7 Å². The summed E-state index contributed by atoms with van der Waals surface area (Å²) >= 11 is 3.43. The number of rotatable bonds is 6. The van der Waals surface area contributed by atoms with Gasteiger partial charge in [-0.3, -0.25) is 0 Å². The van der Waals surface area contributed by atoms with Crippen molar-refractivity contribution >= 4 is 15.9 Å². The van der Waals surface area contributed by atoms with Crippen LogP contribution >= 0.6 is 15.9 Å². The van der Waals surface area contributed by atoms with E-state index in [1.54, 1.807) is 13.2 Å². The van der Waals surface area contributed by atoms with E-state index in [0.717, 1.165) is 30.3 Å². The first kappa shape index (κ1) is 12.7. The monoisotopic (exact) mass is 274 g/mol. The molecule has 3 heteroatoms. The minimum atomic E-state index is -0.112. The predicted molar refractivity (Wildman–Crippen MR) is 64.0 cm³/mol. The van der Waals surface area contributed by atoms with E-state index < -0.39 is 0 Å². The van der Waals surface area contributed by atoms with Gasteiger partial charge >= 0.3 is 0 Å². The van der Waals surface area contributed by atoms with Crippen LogP contribution in [-0.2, 0) is 4.74 Å². The van der Waals surface area contributed by atoms with Crippen LogP contribution in [0.4, 0.5) is 4.39 Å². The molecule has 0 N–H and O–H groups in total. The molecule has 0 heterocycles. The van der Waals surface area contributed by atoms with Crippen molar-refractivity contribution in [2.75, 3.05) is 19.0 Å². The molecule has 1 unspecified atom stereocenters. The van der Waals surface area contributed by atoms with E-state index in [0.29, 0.717) is 0 Å². The second-order valence-corrected chi connectivity index (χ2v) is 4.16. The summed E-state index contributed by atoms with van der Waals surface area (Å²) in [4.78, 5) is 0. The Morgan fingerprint density at radius 1 is 1.40 bits per heavy atom. The Hall–Kier alpha value is -0.410. The molecule has 1 nitrogen and oxygen atoms in total. The van der Waals surface area contributed by atoms with Gasteiger partial charge in [-0.1, -0.05) is 34.1 Å². The molecule has 1 atom stereocenters. The average molecular weight is 275 g/mol. The summed E-state index contributed by atoms with van der Waals surface area (Å²) in [5.41, 5.74) is 0.797. The third-order valence-electron chi connectivity index (χ3n) is 2.43. The Labute approximate surface area is 98.8 Å². The maximum absolute atomic E-state index is 13.5. The zero-order valence-electron chi connectivity index (χ0n) is 8.88. The maximum Gasteiger partial charge on any atom is 0.126 e. The molecule has 15 heavy (non-hydrogen) atoms. The van der Waals surface area contributed by atoms with E-state index >= 15 is 0 Å². The zero-order chi connectivity index (χ0) is 11.1. The van der Waals surface area contributed by atoms with E-state index in [9.17, 15) is 4.39 Å². The molecular weight excluding hydrogens is 259 g/mol. The van der Waals surface area contributed by atoms with Gasteiger partial charge in [0.25, 0.3) is 0 Å². The van der Waals surface area contributed by atoms with E-state index in [1.807, 2.05) is 12.1 Å². The third kappa shape index (κ3) is 3.92. The molecule has 84 valence electrons. The van der Waals surface area contributed by atoms with E-state index in [2.05, 4.69) is 15.9 Å². The summed E-state index contributed by atoms with van der Waals surface area (Å²) in [6.45, 7) is 0.734. The summed E-state index contributed by atoms with van der Waals surface area (Å²) in [7, 11) is 1.69. The van der Waals surface area contributed by atoms with Crippen molar-refractivity contribution in [3.63, 3.8) is 0 Å². The van der Waals surface area contributed by atoms with Crippen molar-refractivity contribution in [3.05, 3.63) is 35.6 Å². The molecular formula is C12H16BrFO. The van der Waals surface area contributed by atoms with Gasteiger partial charge in [0.05, 0.1) is 0 Å². The summed E-state index contributed by atoms with van der Waals surface area (Å²) in [5.74, 6) is 0.126. The average Bonchev–Trinajstić information content (AvgIpc) is 2.26. The lowest BCUT2D eigenvalue weighted by molar-refractivity contribution is 0.191. The van der Waals surface area contributed by atoms with Gasteiger partial charge in [-0.2, -0.15) is 0 Å². The van der Waals surface area contributed by atoms with Gasteiger partial charge in [0.15, 0.2) is 0 Å². The molecule has 0 spiro atoms. The first-order valence-corrected chi connectivity index (χ1v) is 6.21. The SMILES string of the molecule is COCCCC(CBr)c1ccccc1F. The fourth-order valence-electron chi connectivity index (χ4n) is 1.60. The molecule has 0 aromatic heterocycles. The maximum atomic E-state index is 13.5. The van der Waals surface area contributed by atoms with E-state index in [4.69, 9.17) is 4.74 Å². The molecule has 0 radical (unpaired) electrons. The molecule has 0 aliphatic heterocycles. The molecule has 1 aromatic rings. The lowest BCUT2D eigenvalue weighted by Gasteiger charge is -2.14. The van der Waals surface area contributed by atoms with Crippen LogP contribution in [0.15, 0.2) is 24.3 Å². The summed E-state index contributed by atoms with van der Waals surface area (Å²) < 4.78 is 18.5. The van der Waals surface area contributed by atoms with Gasteiger partial charge in [0.2, 0.25) is 0 Å². The lowest BCUT2D eigenvalue weighted by atomic mass is 9.96. The number of ether oxygens (including phenoxy) is 1. The summed E-state index contributed by atoms with van der Waals surface area (Å²) in [6.07, 6.45) is 1.90. The predicted octanol–water partition coefficient (Wildman–Crippen LogP) is 3.73. The molecule has 1 aromatic carbocycles. The van der Waals surface area contributed by atoms with Gasteiger partial charge in [-0.25, -0.2) is 4.39 Å². The van der Waals surface area contributed by atoms with Gasteiger partial charge < -0.3 is 4.74 Å². The number of benzene rings is 1.